The molecule has 0 spiro atoms. The molecule has 0 aromatic carbocycles. The third-order valence-corrected chi connectivity index (χ3v) is 25.2. The highest BCUT2D eigenvalue weighted by molar-refractivity contribution is 6.02. The van der Waals surface area contributed by atoms with Crippen molar-refractivity contribution in [1.29, 1.82) is 0 Å². The average Bonchev–Trinajstić information content (AvgIpc) is 1.60. The Bertz CT molecular complexity index is 8920. The lowest BCUT2D eigenvalue weighted by Crippen LogP contribution is -2.29. The molecule has 0 bridgehead atoms. The maximum atomic E-state index is 13.6. The minimum absolute atomic E-state index is 0.0377. The highest BCUT2D eigenvalue weighted by atomic mass is 19.3. The Morgan fingerprint density at radius 2 is 0.735 bits per heavy atom. The number of alkyl halides is 2. The van der Waals surface area contributed by atoms with Gasteiger partial charge in [0.1, 0.15) is 44.8 Å². The molecule has 0 unspecified atom stereocenters. The number of halogens is 2. The summed E-state index contributed by atoms with van der Waals surface area (Å²) in [7, 11) is 0. The van der Waals surface area contributed by atoms with Gasteiger partial charge in [0.05, 0.1) is 194 Å². The number of hydrogen-bond donors (Lipinski definition) is 11. The SMILES string of the molecule is CCC(=O)Nc1cncc(-c2cnc3n[nH]c(-c4nc5c(-n6cnc(C)c6)cncc5[nH]4)c3c2)c1.Cc1cn(-c2cncc3[nH]c(-c4[nH]nc5ncc(-c6cncc(NC(=O)C(C)(C)C)c6)cc45)nc23)cn1.Cc1cn(-c2cncc3[nH]c(-c4[nH]nc5ncc(-c6cncc(NC(=O)CC(C)C)c6)cc45)nc23)cn1.FC1(F)CCN(Cc2cncc(-c3cnc4n[nH]c(-c5nc6c(N7CCCCC7)cncc6[nH]5)c4c3)c2)C1. The molecule has 0 aliphatic carbocycles. The van der Waals surface area contributed by atoms with Gasteiger partial charge in [-0.25, -0.2) is 63.6 Å². The van der Waals surface area contributed by atoms with Crippen LogP contribution in [0.4, 0.5) is 31.5 Å². The highest BCUT2D eigenvalue weighted by Crippen LogP contribution is 2.40. The molecule has 2 fully saturated rings. The molecule has 25 heterocycles. The van der Waals surface area contributed by atoms with Crippen molar-refractivity contribution >= 4 is 129 Å². The lowest BCUT2D eigenvalue weighted by atomic mass is 9.95. The number of anilines is 4. The van der Waals surface area contributed by atoms with Crippen molar-refractivity contribution < 1.29 is 23.2 Å². The summed E-state index contributed by atoms with van der Waals surface area (Å²) in [6, 6.07) is 15.6. The second-order valence-electron chi connectivity index (χ2n) is 37.7. The molecule has 2 aliphatic heterocycles. The number of aryl methyl sites for hydroxylation is 3. The number of imidazole rings is 7. The summed E-state index contributed by atoms with van der Waals surface area (Å²) in [6.45, 7) is 19.9. The van der Waals surface area contributed by atoms with E-state index in [0.717, 1.165) is 174 Å². The number of rotatable bonds is 20. The molecule has 23 aromatic heterocycles. The summed E-state index contributed by atoms with van der Waals surface area (Å²) in [6.07, 6.45) is 50.1. The minimum atomic E-state index is -2.61. The number of H-pyrrole nitrogens is 8. The molecule has 3 amide bonds. The Morgan fingerprint density at radius 3 is 1.08 bits per heavy atom. The van der Waals surface area contributed by atoms with Gasteiger partial charge in [-0.05, 0) is 100 Å². The molecule has 734 valence electrons. The largest absolute Gasteiger partial charge is 0.368 e. The van der Waals surface area contributed by atoms with Crippen LogP contribution >= 0.6 is 0 Å². The van der Waals surface area contributed by atoms with Crippen LogP contribution in [0.15, 0.2) is 210 Å². The van der Waals surface area contributed by atoms with Crippen molar-refractivity contribution in [2.24, 2.45) is 11.3 Å². The van der Waals surface area contributed by atoms with Crippen LogP contribution in [0.25, 0.3) is 196 Å². The van der Waals surface area contributed by atoms with Crippen LogP contribution < -0.4 is 20.9 Å². The molecular formula is C103H95F2N39O3. The molecular weight excluding hydrogens is 1870 g/mol. The predicted molar refractivity (Wildman–Crippen MR) is 552 cm³/mol. The van der Waals surface area contributed by atoms with E-state index >= 15 is 0 Å². The van der Waals surface area contributed by atoms with Gasteiger partial charge in [0.15, 0.2) is 45.9 Å². The Morgan fingerprint density at radius 1 is 0.395 bits per heavy atom. The number of likely N-dealkylation sites (tertiary alicyclic amines) is 1. The molecule has 23 aromatic rings. The minimum Gasteiger partial charge on any atom is -0.368 e. The normalized spacial score (nSPS) is 13.3. The Kier molecular flexibility index (Phi) is 24.7. The van der Waals surface area contributed by atoms with Gasteiger partial charge in [0, 0.05) is 170 Å². The highest BCUT2D eigenvalue weighted by Gasteiger charge is 2.38. The second kappa shape index (κ2) is 38.9. The Labute approximate surface area is 833 Å². The first kappa shape index (κ1) is 93.2. The number of piperidine rings is 1. The Balaban J connectivity index is 0.000000111. The number of nitrogens with one attached hydrogen (secondary N) is 11. The first-order valence-corrected chi connectivity index (χ1v) is 47.6. The van der Waals surface area contributed by atoms with Gasteiger partial charge in [-0.1, -0.05) is 41.5 Å². The van der Waals surface area contributed by atoms with Crippen LogP contribution in [0.1, 0.15) is 103 Å². The maximum absolute atomic E-state index is 13.6. The summed E-state index contributed by atoms with van der Waals surface area (Å²) >= 11 is 0. The van der Waals surface area contributed by atoms with Crippen molar-refractivity contribution in [3.63, 3.8) is 0 Å². The lowest BCUT2D eigenvalue weighted by Gasteiger charge is -2.28. The summed E-state index contributed by atoms with van der Waals surface area (Å²) in [4.78, 5) is 139. The molecule has 0 saturated carbocycles. The molecule has 0 radical (unpaired) electrons. The van der Waals surface area contributed by atoms with Crippen molar-refractivity contribution in [2.45, 2.75) is 113 Å². The van der Waals surface area contributed by atoms with E-state index in [2.05, 4.69) is 156 Å². The predicted octanol–water partition coefficient (Wildman–Crippen LogP) is 17.5. The number of carbonyl (C=O) groups is 3. The summed E-state index contributed by atoms with van der Waals surface area (Å²) in [5.74, 6) is 0.00641. The fourth-order valence-corrected chi connectivity index (χ4v) is 17.8. The zero-order valence-electron chi connectivity index (χ0n) is 81.0. The third-order valence-electron chi connectivity index (χ3n) is 25.2. The summed E-state index contributed by atoms with van der Waals surface area (Å²) in [5.41, 5.74) is 26.8. The van der Waals surface area contributed by atoms with Crippen LogP contribution in [-0.4, -0.2) is 224 Å². The average molecular weight is 1970 g/mol. The number of carbonyl (C=O) groups excluding carboxylic acids is 3. The van der Waals surface area contributed by atoms with Gasteiger partial charge in [-0.2, -0.15) is 20.4 Å². The first-order chi connectivity index (χ1) is 71.3. The quantitative estimate of drug-likeness (QED) is 0.0337. The van der Waals surface area contributed by atoms with Crippen LogP contribution in [0.2, 0.25) is 0 Å². The smallest absolute Gasteiger partial charge is 0.261 e. The molecule has 11 N–H and O–H groups in total. The van der Waals surface area contributed by atoms with Crippen LogP contribution in [-0.2, 0) is 20.9 Å². The van der Waals surface area contributed by atoms with Crippen molar-refractivity contribution in [2.75, 3.05) is 47.0 Å². The lowest BCUT2D eigenvalue weighted by molar-refractivity contribution is -0.123. The van der Waals surface area contributed by atoms with Crippen LogP contribution in [0, 0.1) is 32.1 Å². The Hall–Kier alpha value is -18.8. The van der Waals surface area contributed by atoms with Gasteiger partial charge in [-0.15, -0.1) is 0 Å². The first-order valence-electron chi connectivity index (χ1n) is 47.6. The topological polar surface area (TPSA) is 531 Å². The van der Waals surface area contributed by atoms with E-state index in [-0.39, 0.29) is 36.6 Å². The van der Waals surface area contributed by atoms with Crippen molar-refractivity contribution in [1.82, 2.24) is 174 Å². The van der Waals surface area contributed by atoms with E-state index in [1.165, 1.54) is 19.3 Å². The maximum Gasteiger partial charge on any atom is 0.261 e. The number of pyridine rings is 12. The summed E-state index contributed by atoms with van der Waals surface area (Å²) < 4.78 is 33.0. The van der Waals surface area contributed by atoms with E-state index < -0.39 is 11.3 Å². The van der Waals surface area contributed by atoms with Crippen molar-refractivity contribution in [3.8, 4) is 108 Å². The third kappa shape index (κ3) is 19.6. The second-order valence-corrected chi connectivity index (χ2v) is 37.7. The van der Waals surface area contributed by atoms with E-state index in [0.29, 0.717) is 106 Å². The zero-order valence-corrected chi connectivity index (χ0v) is 81.0. The van der Waals surface area contributed by atoms with Crippen molar-refractivity contribution in [3.05, 3.63) is 233 Å². The van der Waals surface area contributed by atoms with Gasteiger partial charge in [-0.3, -0.25) is 79.6 Å². The standard InChI is InChI=1S/C27H27F2N9.2C26H24N10O.C24H20N10O/c28-27(29)4-7-37(16-27)15-17-8-18(11-30-10-17)19-9-20-23(35-36-25(20)32-12-19)26-33-21-13-31-14-22(24(21)34-26)38-5-2-1-3-6-38;1-14-12-36(13-30-14)20-11-28-10-19-22(20)33-24(32-19)21-18-6-16(8-29-23(18)35-34-21)15-5-17(9-27-7-15)31-25(37)26(2,3)4;1-14(2)4-22(37)31-18-5-16(7-27-9-18)17-6-19-23(34-35-25(19)29-8-17)26-32-20-10-28-11-21(24(20)33-26)36-12-15(3)30-13-36;1-3-20(35)29-16-4-14(6-25-8-16)15-5-17-21(32-33-23(17)27-7-15)24-30-18-9-26-10-19(22(18)31-24)34-11-13(2)28-12-34/h8-14H,1-7,15-16H2,(H,33,34)(H,32,35,36);5-13H,1-4H3,(H,31,37)(H,32,33)(H,29,34,35);5-14H,4H2,1-3H3,(H,31,37)(H,32,33)(H,29,34,35);4-12H,3H2,1-2H3,(H,29,35)(H,30,31)(H,27,32,33). The van der Waals surface area contributed by atoms with Crippen LogP contribution in [0.3, 0.4) is 0 Å². The number of fused-ring (bicyclic) bond motifs is 8. The van der Waals surface area contributed by atoms with Crippen LogP contribution in [0.5, 0.6) is 0 Å². The molecule has 44 heteroatoms. The van der Waals surface area contributed by atoms with E-state index in [1.54, 1.807) is 149 Å². The monoisotopic (exact) mass is 1960 g/mol. The number of aromatic nitrogens is 34. The number of aromatic amines is 8. The van der Waals surface area contributed by atoms with E-state index in [1.807, 2.05) is 142 Å². The molecule has 2 aliphatic rings. The summed E-state index contributed by atoms with van der Waals surface area (Å²) in [5, 5.41) is 41.7. The number of nitrogens with zero attached hydrogens (tertiary/aromatic N) is 28. The van der Waals surface area contributed by atoms with Gasteiger partial charge >= 0.3 is 0 Å². The number of amides is 3. The fourth-order valence-electron chi connectivity index (χ4n) is 17.8. The van der Waals surface area contributed by atoms with Gasteiger partial charge in [0.2, 0.25) is 17.7 Å². The zero-order chi connectivity index (χ0) is 101. The molecule has 0 atom stereocenters. The number of hydrogen-bond acceptors (Lipinski definition) is 28. The molecule has 42 nitrogen and oxygen atoms in total. The molecule has 2 saturated heterocycles. The van der Waals surface area contributed by atoms with Gasteiger partial charge < -0.3 is 54.5 Å². The molecule has 147 heavy (non-hydrogen) atoms. The molecule has 25 rings (SSSR count). The van der Waals surface area contributed by atoms with E-state index in [4.69, 9.17) is 19.9 Å². The fraction of sp³-hybridized carbons (Fsp3) is 0.223. The van der Waals surface area contributed by atoms with E-state index in [9.17, 15) is 23.2 Å². The van der Waals surface area contributed by atoms with Gasteiger partial charge in [0.25, 0.3) is 5.92 Å².